The van der Waals surface area contributed by atoms with Crippen LogP contribution in [0.4, 0.5) is 0 Å². The van der Waals surface area contributed by atoms with Gasteiger partial charge in [0.2, 0.25) is 10.0 Å². The predicted octanol–water partition coefficient (Wildman–Crippen LogP) is 0.0860. The van der Waals surface area contributed by atoms with Gasteiger partial charge in [-0.3, -0.25) is 0 Å². The molecule has 0 aliphatic rings. The van der Waals surface area contributed by atoms with Gasteiger partial charge in [-0.25, -0.2) is 13.2 Å². The number of aliphatic hydroxyl groups is 1. The van der Waals surface area contributed by atoms with Crippen molar-refractivity contribution in [2.24, 2.45) is 0 Å². The van der Waals surface area contributed by atoms with Gasteiger partial charge in [0.1, 0.15) is 0 Å². The number of benzene rings is 1. The van der Waals surface area contributed by atoms with Crippen molar-refractivity contribution in [3.05, 3.63) is 29.8 Å². The Kier molecular flexibility index (Phi) is 4.83. The van der Waals surface area contributed by atoms with Gasteiger partial charge in [-0.15, -0.1) is 0 Å². The maximum absolute atomic E-state index is 12.0. The number of esters is 1. The normalized spacial score (nSPS) is 11.6. The number of sulfonamides is 1. The van der Waals surface area contributed by atoms with E-state index in [4.69, 9.17) is 5.11 Å². The molecule has 1 N–H and O–H groups in total. The molecule has 0 saturated carbocycles. The Labute approximate surface area is 106 Å². The number of hydrogen-bond donors (Lipinski definition) is 1. The van der Waals surface area contributed by atoms with Crippen molar-refractivity contribution >= 4 is 16.0 Å². The first-order valence-electron chi connectivity index (χ1n) is 5.19. The van der Waals surface area contributed by atoms with Crippen molar-refractivity contribution in [3.63, 3.8) is 0 Å². The molecule has 1 aromatic rings. The van der Waals surface area contributed by atoms with Crippen LogP contribution < -0.4 is 0 Å². The first-order valence-corrected chi connectivity index (χ1v) is 6.63. The molecule has 1 aromatic carbocycles. The molecule has 6 nitrogen and oxygen atoms in total. The van der Waals surface area contributed by atoms with E-state index in [2.05, 4.69) is 4.74 Å². The molecule has 0 unspecified atom stereocenters. The molecular weight excluding hydrogens is 258 g/mol. The number of nitrogens with zero attached hydrogens (tertiary/aromatic N) is 1. The molecule has 0 spiro atoms. The van der Waals surface area contributed by atoms with Crippen LogP contribution in [0.3, 0.4) is 0 Å². The Morgan fingerprint density at radius 2 is 1.89 bits per heavy atom. The van der Waals surface area contributed by atoms with Crippen LogP contribution >= 0.6 is 0 Å². The Bertz CT molecular complexity index is 509. The minimum absolute atomic E-state index is 0.0150. The molecule has 0 fully saturated rings. The van der Waals surface area contributed by atoms with E-state index < -0.39 is 16.0 Å². The molecule has 7 heteroatoms. The maximum atomic E-state index is 12.0. The van der Waals surface area contributed by atoms with E-state index in [1.807, 2.05) is 0 Å². The zero-order valence-electron chi connectivity index (χ0n) is 10.2. The van der Waals surface area contributed by atoms with Crippen LogP contribution in [-0.2, 0) is 14.8 Å². The minimum Gasteiger partial charge on any atom is -0.465 e. The standard InChI is InChI=1S/C11H15NO5S/c1-12(7-8-13)18(15,16)10-5-3-9(4-6-10)11(14)17-2/h3-6,13H,7-8H2,1-2H3. The van der Waals surface area contributed by atoms with Gasteiger partial charge in [0.25, 0.3) is 0 Å². The Balaban J connectivity index is 3.01. The van der Waals surface area contributed by atoms with Crippen LogP contribution in [0.15, 0.2) is 29.2 Å². The lowest BCUT2D eigenvalue weighted by Crippen LogP contribution is -2.29. The summed E-state index contributed by atoms with van der Waals surface area (Å²) in [5.41, 5.74) is 0.279. The van der Waals surface area contributed by atoms with E-state index in [9.17, 15) is 13.2 Å². The third kappa shape index (κ3) is 3.06. The predicted molar refractivity (Wildman–Crippen MR) is 64.7 cm³/mol. The fourth-order valence-corrected chi connectivity index (χ4v) is 2.48. The van der Waals surface area contributed by atoms with Gasteiger partial charge >= 0.3 is 5.97 Å². The fourth-order valence-electron chi connectivity index (χ4n) is 1.32. The van der Waals surface area contributed by atoms with Crippen LogP contribution in [0.1, 0.15) is 10.4 Å². The highest BCUT2D eigenvalue weighted by Crippen LogP contribution is 2.15. The van der Waals surface area contributed by atoms with Crippen molar-refractivity contribution in [2.75, 3.05) is 27.3 Å². The van der Waals surface area contributed by atoms with Gasteiger partial charge < -0.3 is 9.84 Å². The molecule has 0 aliphatic heterocycles. The summed E-state index contributed by atoms with van der Waals surface area (Å²) in [5, 5.41) is 8.73. The highest BCUT2D eigenvalue weighted by molar-refractivity contribution is 7.89. The summed E-state index contributed by atoms with van der Waals surface area (Å²) in [6.45, 7) is -0.239. The van der Waals surface area contributed by atoms with Gasteiger partial charge in [0, 0.05) is 13.6 Å². The van der Waals surface area contributed by atoms with Crippen molar-refractivity contribution < 1.29 is 23.1 Å². The summed E-state index contributed by atoms with van der Waals surface area (Å²) in [4.78, 5) is 11.3. The van der Waals surface area contributed by atoms with E-state index in [-0.39, 0.29) is 23.6 Å². The molecule has 0 heterocycles. The zero-order valence-corrected chi connectivity index (χ0v) is 11.0. The van der Waals surface area contributed by atoms with E-state index in [0.717, 1.165) is 4.31 Å². The first-order chi connectivity index (χ1) is 8.43. The van der Waals surface area contributed by atoms with Crippen molar-refractivity contribution in [3.8, 4) is 0 Å². The van der Waals surface area contributed by atoms with Crippen molar-refractivity contribution in [1.82, 2.24) is 4.31 Å². The molecule has 18 heavy (non-hydrogen) atoms. The lowest BCUT2D eigenvalue weighted by atomic mass is 10.2. The van der Waals surface area contributed by atoms with Crippen LogP contribution in [0, 0.1) is 0 Å². The SMILES string of the molecule is COC(=O)c1ccc(S(=O)(=O)N(C)CCO)cc1. The summed E-state index contributed by atoms with van der Waals surface area (Å²) in [7, 11) is -1.00. The lowest BCUT2D eigenvalue weighted by Gasteiger charge is -2.15. The molecule has 0 saturated heterocycles. The van der Waals surface area contributed by atoms with Crippen LogP contribution in [0.25, 0.3) is 0 Å². The average Bonchev–Trinajstić information content (AvgIpc) is 2.38. The highest BCUT2D eigenvalue weighted by atomic mass is 32.2. The third-order valence-corrected chi connectivity index (χ3v) is 4.27. The Hall–Kier alpha value is -1.44. The second-order valence-electron chi connectivity index (χ2n) is 3.57. The molecule has 1 rings (SSSR count). The topological polar surface area (TPSA) is 83.9 Å². The quantitative estimate of drug-likeness (QED) is 0.768. The van der Waals surface area contributed by atoms with Gasteiger partial charge in [-0.05, 0) is 24.3 Å². The molecule has 0 amide bonds. The molecular formula is C11H15NO5S. The number of likely N-dealkylation sites (N-methyl/N-ethyl adjacent to an activating group) is 1. The Morgan fingerprint density at radius 3 is 2.33 bits per heavy atom. The van der Waals surface area contributed by atoms with E-state index in [1.54, 1.807) is 0 Å². The van der Waals surface area contributed by atoms with Crippen LogP contribution in [0.2, 0.25) is 0 Å². The summed E-state index contributed by atoms with van der Waals surface area (Å²) in [5.74, 6) is -0.525. The maximum Gasteiger partial charge on any atom is 0.337 e. The lowest BCUT2D eigenvalue weighted by molar-refractivity contribution is 0.0600. The van der Waals surface area contributed by atoms with E-state index in [1.165, 1.54) is 38.4 Å². The van der Waals surface area contributed by atoms with Gasteiger partial charge in [-0.1, -0.05) is 0 Å². The average molecular weight is 273 g/mol. The molecule has 0 aliphatic carbocycles. The zero-order chi connectivity index (χ0) is 13.8. The number of hydrogen-bond acceptors (Lipinski definition) is 5. The summed E-state index contributed by atoms with van der Waals surface area (Å²) >= 11 is 0. The second kappa shape index (κ2) is 5.94. The number of carbonyl (C=O) groups excluding carboxylic acids is 1. The number of ether oxygens (including phenoxy) is 1. The molecule has 100 valence electrons. The van der Waals surface area contributed by atoms with Crippen LogP contribution in [0.5, 0.6) is 0 Å². The number of methoxy groups -OCH3 is 1. The van der Waals surface area contributed by atoms with E-state index >= 15 is 0 Å². The minimum atomic E-state index is -3.63. The Morgan fingerprint density at radius 1 is 1.33 bits per heavy atom. The molecule has 0 bridgehead atoms. The fraction of sp³-hybridized carbons (Fsp3) is 0.364. The van der Waals surface area contributed by atoms with Gasteiger partial charge in [0.15, 0.2) is 0 Å². The van der Waals surface area contributed by atoms with Gasteiger partial charge in [0.05, 0.1) is 24.2 Å². The second-order valence-corrected chi connectivity index (χ2v) is 5.61. The monoisotopic (exact) mass is 273 g/mol. The molecule has 0 radical (unpaired) electrons. The summed E-state index contributed by atoms with van der Waals surface area (Å²) < 4.78 is 29.5. The molecule has 0 aromatic heterocycles. The highest BCUT2D eigenvalue weighted by Gasteiger charge is 2.20. The van der Waals surface area contributed by atoms with E-state index in [0.29, 0.717) is 0 Å². The van der Waals surface area contributed by atoms with Crippen LogP contribution in [-0.4, -0.2) is 51.1 Å². The van der Waals surface area contributed by atoms with Crippen molar-refractivity contribution in [2.45, 2.75) is 4.90 Å². The summed E-state index contributed by atoms with van der Waals surface area (Å²) in [6.07, 6.45) is 0. The smallest absolute Gasteiger partial charge is 0.337 e. The first kappa shape index (κ1) is 14.6. The number of rotatable bonds is 5. The number of aliphatic hydroxyl groups excluding tert-OH is 1. The number of carbonyl (C=O) groups is 1. The van der Waals surface area contributed by atoms with Gasteiger partial charge in [-0.2, -0.15) is 4.31 Å². The largest absolute Gasteiger partial charge is 0.465 e. The third-order valence-electron chi connectivity index (χ3n) is 2.40. The van der Waals surface area contributed by atoms with Crippen molar-refractivity contribution in [1.29, 1.82) is 0 Å². The molecule has 0 atom stereocenters. The summed E-state index contributed by atoms with van der Waals surface area (Å²) in [6, 6.07) is 5.42.